The molecular formula is C13H28KNO4S. The van der Waals surface area contributed by atoms with Crippen LogP contribution < -0.4 is 56.7 Å². The number of rotatable bonds is 13. The molecule has 0 fully saturated rings. The van der Waals surface area contributed by atoms with Crippen molar-refractivity contribution in [1.29, 1.82) is 0 Å². The monoisotopic (exact) mass is 333 g/mol. The van der Waals surface area contributed by atoms with Crippen molar-refractivity contribution in [3.63, 3.8) is 0 Å². The van der Waals surface area contributed by atoms with Crippen molar-refractivity contribution < 1.29 is 69.5 Å². The quantitative estimate of drug-likeness (QED) is 0.246. The summed E-state index contributed by atoms with van der Waals surface area (Å²) in [4.78, 5) is 0. The summed E-state index contributed by atoms with van der Waals surface area (Å²) in [6.07, 6.45) is 8.74. The van der Waals surface area contributed by atoms with Crippen molar-refractivity contribution in [2.45, 2.75) is 64.4 Å². The van der Waals surface area contributed by atoms with Crippen LogP contribution in [0, 0.1) is 0 Å². The minimum absolute atomic E-state index is 0. The molecule has 0 bridgehead atoms. The van der Waals surface area contributed by atoms with E-state index in [4.69, 9.17) is 0 Å². The van der Waals surface area contributed by atoms with Gasteiger partial charge in [0.1, 0.15) is 0 Å². The van der Waals surface area contributed by atoms with Crippen LogP contribution in [0.5, 0.6) is 0 Å². The van der Waals surface area contributed by atoms with Crippen LogP contribution in [0.3, 0.4) is 0 Å². The Morgan fingerprint density at radius 3 is 2.20 bits per heavy atom. The number of nitrogens with one attached hydrogen (secondary N) is 1. The van der Waals surface area contributed by atoms with Crippen molar-refractivity contribution in [3.8, 4) is 0 Å². The second kappa shape index (κ2) is 15.4. The fraction of sp³-hybridized carbons (Fsp3) is 1.00. The summed E-state index contributed by atoms with van der Waals surface area (Å²) in [6, 6.07) is 0. The Morgan fingerprint density at radius 2 is 1.65 bits per heavy atom. The van der Waals surface area contributed by atoms with E-state index in [1.54, 1.807) is 0 Å². The van der Waals surface area contributed by atoms with Crippen molar-refractivity contribution in [2.24, 2.45) is 0 Å². The van der Waals surface area contributed by atoms with Crippen LogP contribution in [0.1, 0.15) is 58.3 Å². The average Bonchev–Trinajstić information content (AvgIpc) is 2.32. The van der Waals surface area contributed by atoms with Crippen LogP contribution in [0.25, 0.3) is 0 Å². The molecule has 2 N–H and O–H groups in total. The normalized spacial score (nSPS) is 12.9. The van der Waals surface area contributed by atoms with E-state index in [2.05, 4.69) is 12.2 Å². The number of unbranched alkanes of at least 4 members (excludes halogenated alkanes) is 6. The van der Waals surface area contributed by atoms with E-state index in [-0.39, 0.29) is 57.9 Å². The molecule has 1 atom stereocenters. The van der Waals surface area contributed by atoms with Crippen LogP contribution >= 0.6 is 0 Å². The Bertz CT molecular complexity index is 299. The summed E-state index contributed by atoms with van der Waals surface area (Å²) in [6.45, 7) is 2.66. The Kier molecular flexibility index (Phi) is 18.2. The maximum absolute atomic E-state index is 10.3. The molecule has 0 aliphatic heterocycles. The van der Waals surface area contributed by atoms with E-state index < -0.39 is 22.0 Å². The van der Waals surface area contributed by atoms with Gasteiger partial charge in [-0.2, -0.15) is 0 Å². The van der Waals surface area contributed by atoms with Crippen molar-refractivity contribution in [3.05, 3.63) is 0 Å². The molecule has 0 saturated heterocycles. The fourth-order valence-corrected chi connectivity index (χ4v) is 2.30. The molecule has 0 aromatic carbocycles. The number of hydrogen-bond donors (Lipinski definition) is 2. The summed E-state index contributed by atoms with van der Waals surface area (Å²) in [5.74, 6) is -0.419. The molecule has 0 radical (unpaired) electrons. The first kappa shape index (κ1) is 23.7. The van der Waals surface area contributed by atoms with E-state index >= 15 is 0 Å². The second-order valence-electron chi connectivity index (χ2n) is 5.03. The molecule has 0 aliphatic carbocycles. The molecule has 1 unspecified atom stereocenters. The maximum Gasteiger partial charge on any atom is 1.00 e. The van der Waals surface area contributed by atoms with Crippen molar-refractivity contribution in [1.82, 2.24) is 5.32 Å². The van der Waals surface area contributed by atoms with Gasteiger partial charge in [0.05, 0.1) is 22.0 Å². The Balaban J connectivity index is 0. The maximum atomic E-state index is 10.3. The number of aliphatic hydroxyl groups excluding tert-OH is 1. The van der Waals surface area contributed by atoms with Gasteiger partial charge in [-0.15, -0.1) is 0 Å². The topological polar surface area (TPSA) is 89.5 Å². The summed E-state index contributed by atoms with van der Waals surface area (Å²) in [5.41, 5.74) is 0. The third-order valence-corrected chi connectivity index (χ3v) is 3.75. The van der Waals surface area contributed by atoms with Gasteiger partial charge in [0.15, 0.2) is 0 Å². The molecule has 0 aromatic rings. The van der Waals surface area contributed by atoms with Crippen molar-refractivity contribution in [2.75, 3.05) is 18.8 Å². The zero-order valence-electron chi connectivity index (χ0n) is 12.9. The molecule has 20 heavy (non-hydrogen) atoms. The largest absolute Gasteiger partial charge is 1.00 e. The smallest absolute Gasteiger partial charge is 0.748 e. The molecule has 0 aromatic heterocycles. The fourth-order valence-electron chi connectivity index (χ4n) is 1.90. The van der Waals surface area contributed by atoms with Gasteiger partial charge in [0.2, 0.25) is 0 Å². The van der Waals surface area contributed by atoms with Gasteiger partial charge in [-0.25, -0.2) is 8.42 Å². The van der Waals surface area contributed by atoms with Crippen molar-refractivity contribution >= 4 is 10.1 Å². The van der Waals surface area contributed by atoms with E-state index in [0.717, 1.165) is 19.3 Å². The molecule has 116 valence electrons. The van der Waals surface area contributed by atoms with Gasteiger partial charge in [-0.05, 0) is 6.42 Å². The molecule has 5 nitrogen and oxygen atoms in total. The van der Waals surface area contributed by atoms with E-state index in [1.165, 1.54) is 32.1 Å². The second-order valence-corrected chi connectivity index (χ2v) is 6.55. The predicted octanol–water partition coefficient (Wildman–Crippen LogP) is -1.37. The van der Waals surface area contributed by atoms with Crippen LogP contribution in [-0.4, -0.2) is 43.0 Å². The van der Waals surface area contributed by atoms with Gasteiger partial charge in [0.25, 0.3) is 0 Å². The minimum Gasteiger partial charge on any atom is -0.748 e. The van der Waals surface area contributed by atoms with Gasteiger partial charge in [0, 0.05) is 13.1 Å². The van der Waals surface area contributed by atoms with E-state index in [0.29, 0.717) is 6.54 Å². The van der Waals surface area contributed by atoms with Crippen LogP contribution in [0.4, 0.5) is 0 Å². The average molecular weight is 334 g/mol. The number of aliphatic hydroxyl groups is 1. The Hall–Kier alpha value is 1.47. The summed E-state index contributed by atoms with van der Waals surface area (Å²) in [5, 5.41) is 12.4. The molecule has 0 spiro atoms. The molecule has 7 heteroatoms. The molecule has 0 saturated carbocycles. The van der Waals surface area contributed by atoms with Gasteiger partial charge in [-0.1, -0.05) is 51.9 Å². The number of hydrogen-bond acceptors (Lipinski definition) is 5. The zero-order chi connectivity index (χ0) is 14.6. The third kappa shape index (κ3) is 19.5. The van der Waals surface area contributed by atoms with Crippen LogP contribution in [0.2, 0.25) is 0 Å². The standard InChI is InChI=1S/C13H29NO4S.K/c1-2-3-4-5-6-7-8-9-13(15)12-14-10-11-19(16,17)18;/h13-15H,2-12H2,1H3,(H,16,17,18);/q;+1/p-1. The van der Waals surface area contributed by atoms with E-state index in [1.807, 2.05) is 0 Å². The van der Waals surface area contributed by atoms with Gasteiger partial charge in [-0.3, -0.25) is 0 Å². The molecule has 0 heterocycles. The van der Waals surface area contributed by atoms with E-state index in [9.17, 15) is 18.1 Å². The van der Waals surface area contributed by atoms with Crippen LogP contribution in [0.15, 0.2) is 0 Å². The predicted molar refractivity (Wildman–Crippen MR) is 76.1 cm³/mol. The first-order valence-corrected chi connectivity index (χ1v) is 8.85. The Morgan fingerprint density at radius 1 is 1.10 bits per heavy atom. The first-order chi connectivity index (χ1) is 8.95. The summed E-state index contributed by atoms with van der Waals surface area (Å²) in [7, 11) is -4.15. The molecule has 0 rings (SSSR count). The minimum atomic E-state index is -4.15. The zero-order valence-corrected chi connectivity index (χ0v) is 16.9. The SMILES string of the molecule is CCCCCCCCCC(O)CNCCS(=O)(=O)[O-].[K+]. The van der Waals surface area contributed by atoms with Gasteiger partial charge >= 0.3 is 51.4 Å². The molecule has 0 aliphatic rings. The summed E-state index contributed by atoms with van der Waals surface area (Å²) >= 11 is 0. The summed E-state index contributed by atoms with van der Waals surface area (Å²) < 4.78 is 31.0. The molecular weight excluding hydrogens is 305 g/mol. The van der Waals surface area contributed by atoms with Gasteiger partial charge < -0.3 is 15.0 Å². The third-order valence-electron chi connectivity index (χ3n) is 3.05. The molecule has 0 amide bonds. The Labute approximate surface area is 166 Å². The van der Waals surface area contributed by atoms with Crippen LogP contribution in [-0.2, 0) is 10.1 Å². The first-order valence-electron chi connectivity index (χ1n) is 7.28.